The van der Waals surface area contributed by atoms with Crippen LogP contribution in [0.1, 0.15) is 12.5 Å². The molecule has 0 saturated heterocycles. The van der Waals surface area contributed by atoms with Crippen molar-refractivity contribution in [3.63, 3.8) is 0 Å². The van der Waals surface area contributed by atoms with Crippen molar-refractivity contribution >= 4 is 11.7 Å². The Kier molecular flexibility index (Phi) is 4.42. The zero-order chi connectivity index (χ0) is 13.7. The molecule has 18 heavy (non-hydrogen) atoms. The fraction of sp³-hybridized carbons (Fsp3) is 0.250. The minimum atomic E-state index is -1.00. The van der Waals surface area contributed by atoms with Crippen molar-refractivity contribution in [3.8, 4) is 5.75 Å². The molecule has 0 aliphatic carbocycles. The molecule has 1 N–H and O–H groups in total. The van der Waals surface area contributed by atoms with Crippen LogP contribution in [-0.4, -0.2) is 22.6 Å². The molecule has 0 spiro atoms. The number of nitro benzene ring substituents is 1. The van der Waals surface area contributed by atoms with E-state index in [9.17, 15) is 14.9 Å². The quantitative estimate of drug-likeness (QED) is 0.492. The largest absolute Gasteiger partial charge is 0.490 e. The number of aryl methyl sites for hydroxylation is 1. The standard InChI is InChI=1S/C12H13NO5/c1-8(12(14)15)5-6-18-10-3-4-11(13(16)17)9(2)7-10/h3-5,7H,6H2,1-2H3,(H,14,15). The van der Waals surface area contributed by atoms with Gasteiger partial charge in [-0.2, -0.15) is 0 Å². The number of rotatable bonds is 5. The lowest BCUT2D eigenvalue weighted by Gasteiger charge is -2.04. The number of hydrogen-bond acceptors (Lipinski definition) is 4. The van der Waals surface area contributed by atoms with E-state index in [1.54, 1.807) is 13.0 Å². The van der Waals surface area contributed by atoms with Crippen LogP contribution in [0.5, 0.6) is 5.75 Å². The third-order valence-electron chi connectivity index (χ3n) is 2.34. The molecule has 0 bridgehead atoms. The third-order valence-corrected chi connectivity index (χ3v) is 2.34. The van der Waals surface area contributed by atoms with Crippen molar-refractivity contribution in [2.24, 2.45) is 0 Å². The van der Waals surface area contributed by atoms with Crippen LogP contribution in [0.25, 0.3) is 0 Å². The lowest BCUT2D eigenvalue weighted by atomic mass is 10.2. The zero-order valence-corrected chi connectivity index (χ0v) is 10.0. The lowest BCUT2D eigenvalue weighted by Crippen LogP contribution is -2.01. The molecule has 96 valence electrons. The van der Waals surface area contributed by atoms with Gasteiger partial charge in [0.15, 0.2) is 0 Å². The van der Waals surface area contributed by atoms with E-state index in [0.29, 0.717) is 11.3 Å². The van der Waals surface area contributed by atoms with Crippen LogP contribution in [-0.2, 0) is 4.79 Å². The predicted molar refractivity (Wildman–Crippen MR) is 64.7 cm³/mol. The number of nitrogens with zero attached hydrogens (tertiary/aromatic N) is 1. The SMILES string of the molecule is CC(=CCOc1ccc([N+](=O)[O-])c(C)c1)C(=O)O. The van der Waals surface area contributed by atoms with E-state index in [4.69, 9.17) is 9.84 Å². The molecular formula is C12H13NO5. The number of carboxylic acid groups (broad SMARTS) is 1. The summed E-state index contributed by atoms with van der Waals surface area (Å²) in [6.07, 6.45) is 1.43. The zero-order valence-electron chi connectivity index (χ0n) is 10.0. The first-order valence-electron chi connectivity index (χ1n) is 5.19. The smallest absolute Gasteiger partial charge is 0.331 e. The molecule has 0 radical (unpaired) electrons. The van der Waals surface area contributed by atoms with Crippen LogP contribution in [0.15, 0.2) is 29.8 Å². The first-order valence-corrected chi connectivity index (χ1v) is 5.19. The topological polar surface area (TPSA) is 89.7 Å². The predicted octanol–water partition coefficient (Wildman–Crippen LogP) is 2.31. The van der Waals surface area contributed by atoms with Crippen molar-refractivity contribution in [2.75, 3.05) is 6.61 Å². The Morgan fingerprint density at radius 2 is 2.22 bits per heavy atom. The fourth-order valence-electron chi connectivity index (χ4n) is 1.27. The van der Waals surface area contributed by atoms with E-state index in [-0.39, 0.29) is 17.9 Å². The summed E-state index contributed by atoms with van der Waals surface area (Å²) in [5.74, 6) is -0.536. The summed E-state index contributed by atoms with van der Waals surface area (Å²) >= 11 is 0. The van der Waals surface area contributed by atoms with E-state index in [0.717, 1.165) is 0 Å². The van der Waals surface area contributed by atoms with Crippen LogP contribution in [0.4, 0.5) is 5.69 Å². The number of ether oxygens (including phenoxy) is 1. The van der Waals surface area contributed by atoms with Gasteiger partial charge in [-0.3, -0.25) is 10.1 Å². The summed E-state index contributed by atoms with van der Waals surface area (Å²) in [6.45, 7) is 3.19. The fourth-order valence-corrected chi connectivity index (χ4v) is 1.27. The average Bonchev–Trinajstić information content (AvgIpc) is 2.28. The van der Waals surface area contributed by atoms with Gasteiger partial charge in [-0.25, -0.2) is 4.79 Å². The second-order valence-corrected chi connectivity index (χ2v) is 3.71. The Balaban J connectivity index is 2.70. The van der Waals surface area contributed by atoms with Crippen molar-refractivity contribution in [1.29, 1.82) is 0 Å². The second-order valence-electron chi connectivity index (χ2n) is 3.71. The molecule has 0 fully saturated rings. The van der Waals surface area contributed by atoms with E-state index >= 15 is 0 Å². The molecule has 1 aromatic rings. The summed E-state index contributed by atoms with van der Waals surface area (Å²) < 4.78 is 5.28. The Bertz CT molecular complexity index is 507. The molecule has 0 aromatic heterocycles. The van der Waals surface area contributed by atoms with E-state index in [1.165, 1.54) is 25.1 Å². The van der Waals surface area contributed by atoms with Crippen molar-refractivity contribution in [1.82, 2.24) is 0 Å². The maximum absolute atomic E-state index is 10.6. The molecule has 0 aliphatic rings. The summed E-state index contributed by atoms with van der Waals surface area (Å²) in [4.78, 5) is 20.7. The maximum atomic E-state index is 10.6. The molecule has 6 nitrogen and oxygen atoms in total. The second kappa shape index (κ2) is 5.81. The minimum absolute atomic E-state index is 0.0274. The number of benzene rings is 1. The Hall–Kier alpha value is -2.37. The van der Waals surface area contributed by atoms with Crippen LogP contribution >= 0.6 is 0 Å². The third kappa shape index (κ3) is 3.58. The summed E-state index contributed by atoms with van der Waals surface area (Å²) in [5, 5.41) is 19.2. The highest BCUT2D eigenvalue weighted by molar-refractivity contribution is 5.85. The highest BCUT2D eigenvalue weighted by Gasteiger charge is 2.10. The number of nitro groups is 1. The molecule has 0 heterocycles. The van der Waals surface area contributed by atoms with E-state index in [2.05, 4.69) is 0 Å². The molecule has 6 heteroatoms. The van der Waals surface area contributed by atoms with E-state index in [1.807, 2.05) is 0 Å². The van der Waals surface area contributed by atoms with Gasteiger partial charge >= 0.3 is 5.97 Å². The van der Waals surface area contributed by atoms with Crippen molar-refractivity contribution in [3.05, 3.63) is 45.5 Å². The Morgan fingerprint density at radius 3 is 2.72 bits per heavy atom. The number of hydrogen-bond donors (Lipinski definition) is 1. The molecule has 1 aromatic carbocycles. The van der Waals surface area contributed by atoms with Gasteiger partial charge in [0.05, 0.1) is 4.92 Å². The molecule has 1 rings (SSSR count). The molecule has 0 aliphatic heterocycles. The molecular weight excluding hydrogens is 238 g/mol. The average molecular weight is 251 g/mol. The highest BCUT2D eigenvalue weighted by atomic mass is 16.6. The van der Waals surface area contributed by atoms with Crippen LogP contribution in [0, 0.1) is 17.0 Å². The molecule has 0 atom stereocenters. The first-order chi connectivity index (χ1) is 8.41. The Labute approximate surface area is 104 Å². The maximum Gasteiger partial charge on any atom is 0.331 e. The van der Waals surface area contributed by atoms with Crippen LogP contribution in [0.3, 0.4) is 0 Å². The number of carboxylic acids is 1. The Morgan fingerprint density at radius 1 is 1.56 bits per heavy atom. The summed E-state index contributed by atoms with van der Waals surface area (Å²) in [7, 11) is 0. The van der Waals surface area contributed by atoms with Crippen LogP contribution < -0.4 is 4.74 Å². The van der Waals surface area contributed by atoms with Gasteiger partial charge in [0.25, 0.3) is 5.69 Å². The minimum Gasteiger partial charge on any atom is -0.490 e. The van der Waals surface area contributed by atoms with Crippen molar-refractivity contribution < 1.29 is 19.6 Å². The van der Waals surface area contributed by atoms with Gasteiger partial charge in [0, 0.05) is 17.2 Å². The van der Waals surface area contributed by atoms with Gasteiger partial charge in [-0.15, -0.1) is 0 Å². The normalized spacial score (nSPS) is 11.1. The molecule has 0 amide bonds. The monoisotopic (exact) mass is 251 g/mol. The number of aliphatic carboxylic acids is 1. The summed E-state index contributed by atoms with van der Waals surface area (Å²) in [5.41, 5.74) is 0.713. The molecule has 0 unspecified atom stereocenters. The van der Waals surface area contributed by atoms with Gasteiger partial charge in [-0.05, 0) is 32.1 Å². The van der Waals surface area contributed by atoms with Gasteiger partial charge < -0.3 is 9.84 Å². The highest BCUT2D eigenvalue weighted by Crippen LogP contribution is 2.22. The lowest BCUT2D eigenvalue weighted by molar-refractivity contribution is -0.385. The first kappa shape index (κ1) is 13.7. The van der Waals surface area contributed by atoms with E-state index < -0.39 is 10.9 Å². The van der Waals surface area contributed by atoms with Gasteiger partial charge in [0.2, 0.25) is 0 Å². The van der Waals surface area contributed by atoms with Gasteiger partial charge in [-0.1, -0.05) is 0 Å². The molecule has 0 saturated carbocycles. The van der Waals surface area contributed by atoms with Gasteiger partial charge in [0.1, 0.15) is 12.4 Å². The van der Waals surface area contributed by atoms with Crippen LogP contribution in [0.2, 0.25) is 0 Å². The van der Waals surface area contributed by atoms with Crippen molar-refractivity contribution in [2.45, 2.75) is 13.8 Å². The number of carbonyl (C=O) groups is 1. The summed E-state index contributed by atoms with van der Waals surface area (Å²) in [6, 6.07) is 4.38.